The summed E-state index contributed by atoms with van der Waals surface area (Å²) in [5.41, 5.74) is 0. The summed E-state index contributed by atoms with van der Waals surface area (Å²) in [7, 11) is -4.67. The first-order valence-electron chi connectivity index (χ1n) is 9.91. The predicted octanol–water partition coefficient (Wildman–Crippen LogP) is -0.665. The minimum atomic E-state index is -4.67. The molecule has 0 aliphatic rings. The first-order chi connectivity index (χ1) is 14.7. The Morgan fingerprint density at radius 3 is 0.344 bits per heavy atom. The van der Waals surface area contributed by atoms with Crippen molar-refractivity contribution in [2.75, 3.05) is 59.5 Å². The van der Waals surface area contributed by atoms with Gasteiger partial charge >= 0.3 is 10.4 Å². The fourth-order valence-corrected chi connectivity index (χ4v) is 0. The molecule has 0 atom stereocenters. The summed E-state index contributed by atoms with van der Waals surface area (Å²) < 4.78 is 31.6. The predicted molar refractivity (Wildman–Crippen MR) is 129 cm³/mol. The number of aliphatic hydroxyl groups excluding tert-OH is 9. The van der Waals surface area contributed by atoms with Crippen molar-refractivity contribution in [3.05, 3.63) is 0 Å². The molecule has 0 amide bonds. The number of hydrogen-bond acceptors (Lipinski definition) is 11. The van der Waals surface area contributed by atoms with E-state index in [1.54, 1.807) is 62.3 Å². The Labute approximate surface area is 196 Å². The standard InChI is InChI=1S/9C2H6O.H2O4S/c9*1-2-3;1-5(2,3)4/h9*3H,2H2,1H3;(H2,1,2,3,4). The van der Waals surface area contributed by atoms with Gasteiger partial charge in [0.1, 0.15) is 0 Å². The smallest absolute Gasteiger partial charge is 0.394 e. The summed E-state index contributed by atoms with van der Waals surface area (Å²) in [4.78, 5) is 0. The third-order valence-electron chi connectivity index (χ3n) is 0. The minimum Gasteiger partial charge on any atom is -0.397 e. The Kier molecular flexibility index (Phi) is 250. The molecular weight excluding hydrogens is 456 g/mol. The van der Waals surface area contributed by atoms with Gasteiger partial charge in [-0.1, -0.05) is 0 Å². The van der Waals surface area contributed by atoms with Crippen molar-refractivity contribution in [1.29, 1.82) is 0 Å². The second-order valence-electron chi connectivity index (χ2n) is 3.29. The highest BCUT2D eigenvalue weighted by molar-refractivity contribution is 7.79. The van der Waals surface area contributed by atoms with Crippen LogP contribution in [0, 0.1) is 0 Å². The van der Waals surface area contributed by atoms with Crippen molar-refractivity contribution in [2.45, 2.75) is 62.3 Å². The van der Waals surface area contributed by atoms with Crippen LogP contribution in [0.5, 0.6) is 0 Å². The maximum Gasteiger partial charge on any atom is 0.394 e. The first kappa shape index (κ1) is 63.4. The normalized spacial score (nSPS) is 6.88. The lowest BCUT2D eigenvalue weighted by atomic mass is 10.9. The maximum atomic E-state index is 8.74. The van der Waals surface area contributed by atoms with Gasteiger partial charge in [0.25, 0.3) is 0 Å². The van der Waals surface area contributed by atoms with Crippen molar-refractivity contribution in [1.82, 2.24) is 0 Å². The summed E-state index contributed by atoms with van der Waals surface area (Å²) in [5, 5.41) is 68.1. The zero-order valence-corrected chi connectivity index (χ0v) is 22.3. The van der Waals surface area contributed by atoms with Crippen LogP contribution < -0.4 is 0 Å². The molecule has 0 spiro atoms. The molecule has 212 valence electrons. The summed E-state index contributed by atoms with van der Waals surface area (Å²) in [6.45, 7) is 17.4. The SMILES string of the molecule is CCO.CCO.CCO.CCO.CCO.CCO.CCO.CCO.CCO.O=S(=O)(O)O. The third kappa shape index (κ3) is 99900. The molecule has 0 aromatic heterocycles. The van der Waals surface area contributed by atoms with E-state index < -0.39 is 10.4 Å². The molecule has 0 aliphatic carbocycles. The van der Waals surface area contributed by atoms with Crippen molar-refractivity contribution in [2.24, 2.45) is 0 Å². The highest BCUT2D eigenvalue weighted by Gasteiger charge is 1.84. The summed E-state index contributed by atoms with van der Waals surface area (Å²) in [6.07, 6.45) is 0. The molecule has 0 heterocycles. The molecule has 0 aliphatic heterocycles. The van der Waals surface area contributed by atoms with Gasteiger partial charge in [-0.05, 0) is 62.3 Å². The van der Waals surface area contributed by atoms with E-state index in [1.807, 2.05) is 0 Å². The second kappa shape index (κ2) is 126. The molecule has 0 saturated heterocycles. The number of rotatable bonds is 0. The zero-order valence-electron chi connectivity index (χ0n) is 21.5. The zero-order chi connectivity index (χ0) is 28.9. The second-order valence-corrected chi connectivity index (χ2v) is 4.19. The van der Waals surface area contributed by atoms with Crippen LogP contribution in [-0.4, -0.2) is 123 Å². The van der Waals surface area contributed by atoms with Crippen LogP contribution in [0.15, 0.2) is 0 Å². The summed E-state index contributed by atoms with van der Waals surface area (Å²) in [6, 6.07) is 0. The van der Waals surface area contributed by atoms with Gasteiger partial charge in [-0.15, -0.1) is 0 Å². The lowest BCUT2D eigenvalue weighted by Crippen LogP contribution is -1.89. The molecule has 11 N–H and O–H groups in total. The third-order valence-corrected chi connectivity index (χ3v) is 0. The first-order valence-corrected chi connectivity index (χ1v) is 11.3. The van der Waals surface area contributed by atoms with E-state index in [0.717, 1.165) is 0 Å². The van der Waals surface area contributed by atoms with E-state index in [1.165, 1.54) is 0 Å². The van der Waals surface area contributed by atoms with Crippen LogP contribution >= 0.6 is 0 Å². The van der Waals surface area contributed by atoms with Gasteiger partial charge in [0.05, 0.1) is 0 Å². The van der Waals surface area contributed by atoms with E-state index in [4.69, 9.17) is 63.5 Å². The largest absolute Gasteiger partial charge is 0.397 e. The van der Waals surface area contributed by atoms with Gasteiger partial charge in [0.2, 0.25) is 0 Å². The van der Waals surface area contributed by atoms with Gasteiger partial charge in [-0.2, -0.15) is 8.42 Å². The molecule has 0 aromatic rings. The molecular formula is C18H56O13S. The molecule has 0 saturated carbocycles. The number of aliphatic hydroxyl groups is 9. The van der Waals surface area contributed by atoms with Gasteiger partial charge in [0, 0.05) is 59.5 Å². The molecule has 32 heavy (non-hydrogen) atoms. The van der Waals surface area contributed by atoms with Crippen molar-refractivity contribution < 1.29 is 63.5 Å². The van der Waals surface area contributed by atoms with Gasteiger partial charge in [0.15, 0.2) is 0 Å². The monoisotopic (exact) mass is 512 g/mol. The molecule has 0 bridgehead atoms. The van der Waals surface area contributed by atoms with Gasteiger partial charge < -0.3 is 46.0 Å². The molecule has 0 aromatic carbocycles. The average Bonchev–Trinajstić information content (AvgIpc) is 2.59. The quantitative estimate of drug-likeness (QED) is 0.180. The lowest BCUT2D eigenvalue weighted by molar-refractivity contribution is 0.318. The van der Waals surface area contributed by atoms with Gasteiger partial charge in [-0.3, -0.25) is 9.11 Å². The van der Waals surface area contributed by atoms with Crippen LogP contribution in [0.25, 0.3) is 0 Å². The lowest BCUT2D eigenvalue weighted by Gasteiger charge is -1.68. The Balaban J connectivity index is -0.0000000211. The van der Waals surface area contributed by atoms with Crippen LogP contribution in [-0.2, 0) is 10.4 Å². The van der Waals surface area contributed by atoms with Crippen LogP contribution in [0.1, 0.15) is 62.3 Å². The van der Waals surface area contributed by atoms with E-state index in [9.17, 15) is 0 Å². The number of hydrogen-bond donors (Lipinski definition) is 11. The van der Waals surface area contributed by atoms with Crippen molar-refractivity contribution in [3.8, 4) is 0 Å². The van der Waals surface area contributed by atoms with Crippen LogP contribution in [0.2, 0.25) is 0 Å². The van der Waals surface area contributed by atoms with E-state index in [0.29, 0.717) is 0 Å². The molecule has 0 rings (SSSR count). The van der Waals surface area contributed by atoms with E-state index in [2.05, 4.69) is 0 Å². The molecule has 14 heteroatoms. The molecule has 13 nitrogen and oxygen atoms in total. The molecule has 0 fully saturated rings. The molecule has 0 unspecified atom stereocenters. The van der Waals surface area contributed by atoms with E-state index >= 15 is 0 Å². The highest BCUT2D eigenvalue weighted by Crippen LogP contribution is 1.59. The van der Waals surface area contributed by atoms with Crippen LogP contribution in [0.4, 0.5) is 0 Å². The summed E-state index contributed by atoms with van der Waals surface area (Å²) in [5.74, 6) is 0. The maximum absolute atomic E-state index is 8.74. The van der Waals surface area contributed by atoms with Crippen LogP contribution in [0.3, 0.4) is 0 Å². The Morgan fingerprint density at radius 1 is 0.344 bits per heavy atom. The fourth-order valence-electron chi connectivity index (χ4n) is 0. The Bertz CT molecular complexity index is 194. The highest BCUT2D eigenvalue weighted by atomic mass is 32.3. The van der Waals surface area contributed by atoms with Crippen molar-refractivity contribution >= 4 is 10.4 Å². The summed E-state index contributed by atoms with van der Waals surface area (Å²) >= 11 is 0. The topological polar surface area (TPSA) is 257 Å². The Hall–Kier alpha value is -0.490. The van der Waals surface area contributed by atoms with E-state index in [-0.39, 0.29) is 59.5 Å². The van der Waals surface area contributed by atoms with Gasteiger partial charge in [-0.25, -0.2) is 0 Å². The fraction of sp³-hybridized carbons (Fsp3) is 1.00. The average molecular weight is 513 g/mol. The minimum absolute atomic E-state index is 0.250. The molecule has 0 radical (unpaired) electrons. The van der Waals surface area contributed by atoms with Crippen molar-refractivity contribution in [3.63, 3.8) is 0 Å². The Morgan fingerprint density at radius 2 is 0.344 bits per heavy atom.